The van der Waals surface area contributed by atoms with Crippen molar-refractivity contribution < 1.29 is 0 Å². The van der Waals surface area contributed by atoms with Crippen molar-refractivity contribution >= 4 is 32.6 Å². The Balaban J connectivity index is 1.07. The van der Waals surface area contributed by atoms with Crippen molar-refractivity contribution in [2.75, 3.05) is 0 Å². The number of aromatic nitrogens is 2. The molecular formula is C38H26N2. The minimum atomic E-state index is 1.17. The predicted molar refractivity (Wildman–Crippen MR) is 168 cm³/mol. The van der Waals surface area contributed by atoms with Gasteiger partial charge < -0.3 is 9.13 Å². The van der Waals surface area contributed by atoms with Crippen LogP contribution in [0.2, 0.25) is 0 Å². The summed E-state index contributed by atoms with van der Waals surface area (Å²) in [4.78, 5) is 0. The SMILES string of the molecule is c1ccc(-n2ccc3cc(-c4ccc(-c5ccc(-n6ccc7c8ccccc8ccc76)cc5)cc4)ccc32)cc1. The highest BCUT2D eigenvalue weighted by molar-refractivity contribution is 6.07. The molecule has 8 aromatic rings. The normalized spacial score (nSPS) is 11.5. The lowest BCUT2D eigenvalue weighted by Gasteiger charge is -2.10. The van der Waals surface area contributed by atoms with Crippen molar-refractivity contribution in [2.24, 2.45) is 0 Å². The number of benzene rings is 6. The van der Waals surface area contributed by atoms with Crippen LogP contribution in [-0.4, -0.2) is 9.13 Å². The van der Waals surface area contributed by atoms with Gasteiger partial charge in [-0.2, -0.15) is 0 Å². The van der Waals surface area contributed by atoms with Gasteiger partial charge in [0.2, 0.25) is 0 Å². The first-order chi connectivity index (χ1) is 19.8. The first kappa shape index (κ1) is 22.6. The molecule has 0 aliphatic carbocycles. The molecule has 0 amide bonds. The van der Waals surface area contributed by atoms with Crippen LogP contribution in [0.25, 0.3) is 66.2 Å². The third kappa shape index (κ3) is 3.73. The highest BCUT2D eigenvalue weighted by Gasteiger charge is 2.09. The molecule has 0 atom stereocenters. The molecule has 8 rings (SSSR count). The fourth-order valence-electron chi connectivity index (χ4n) is 5.93. The average Bonchev–Trinajstić information content (AvgIpc) is 3.66. The Hall–Kier alpha value is -5.34. The largest absolute Gasteiger partial charge is 0.317 e. The number of hydrogen-bond donors (Lipinski definition) is 0. The Kier molecular flexibility index (Phi) is 5.17. The molecule has 0 unspecified atom stereocenters. The van der Waals surface area contributed by atoms with Crippen LogP contribution in [0.3, 0.4) is 0 Å². The van der Waals surface area contributed by atoms with Crippen molar-refractivity contribution in [1.29, 1.82) is 0 Å². The molecule has 0 spiro atoms. The molecule has 2 heterocycles. The average molecular weight is 511 g/mol. The summed E-state index contributed by atoms with van der Waals surface area (Å²) in [6.07, 6.45) is 4.32. The van der Waals surface area contributed by atoms with Gasteiger partial charge in [0, 0.05) is 34.5 Å². The van der Waals surface area contributed by atoms with Crippen LogP contribution in [0.1, 0.15) is 0 Å². The summed E-state index contributed by atoms with van der Waals surface area (Å²) < 4.78 is 4.51. The first-order valence-corrected chi connectivity index (χ1v) is 13.7. The number of hydrogen-bond acceptors (Lipinski definition) is 0. The Morgan fingerprint density at radius 1 is 0.325 bits per heavy atom. The Bertz CT molecular complexity index is 2130. The van der Waals surface area contributed by atoms with Crippen LogP contribution in [0.4, 0.5) is 0 Å². The second-order valence-corrected chi connectivity index (χ2v) is 10.3. The van der Waals surface area contributed by atoms with E-state index in [0.717, 1.165) is 0 Å². The summed E-state index contributed by atoms with van der Waals surface area (Å²) >= 11 is 0. The second kappa shape index (κ2) is 9.14. The van der Waals surface area contributed by atoms with E-state index >= 15 is 0 Å². The first-order valence-electron chi connectivity index (χ1n) is 13.7. The third-order valence-electron chi connectivity index (χ3n) is 8.02. The Morgan fingerprint density at radius 3 is 1.70 bits per heavy atom. The molecule has 40 heavy (non-hydrogen) atoms. The van der Waals surface area contributed by atoms with Crippen LogP contribution >= 0.6 is 0 Å². The monoisotopic (exact) mass is 510 g/mol. The van der Waals surface area contributed by atoms with Crippen molar-refractivity contribution in [3.05, 3.63) is 158 Å². The van der Waals surface area contributed by atoms with Gasteiger partial charge in [-0.1, -0.05) is 91.0 Å². The summed E-state index contributed by atoms with van der Waals surface area (Å²) in [5, 5.41) is 5.10. The summed E-state index contributed by atoms with van der Waals surface area (Å²) in [7, 11) is 0. The smallest absolute Gasteiger partial charge is 0.0534 e. The standard InChI is InChI=1S/C38H26N2/c1-2-7-33(8-3-1)39-24-22-32-26-31(17-20-37(32)39)29-12-10-27(11-13-29)28-14-18-34(19-15-28)40-25-23-36-35-9-5-4-6-30(35)16-21-38(36)40/h1-26H. The fraction of sp³-hybridized carbons (Fsp3) is 0. The van der Waals surface area contributed by atoms with Gasteiger partial charge in [0.15, 0.2) is 0 Å². The van der Waals surface area contributed by atoms with E-state index in [2.05, 4.69) is 167 Å². The number of nitrogens with zero attached hydrogens (tertiary/aromatic N) is 2. The zero-order chi connectivity index (χ0) is 26.5. The zero-order valence-corrected chi connectivity index (χ0v) is 21.9. The quantitative estimate of drug-likeness (QED) is 0.223. The highest BCUT2D eigenvalue weighted by atomic mass is 15.0. The number of para-hydroxylation sites is 1. The highest BCUT2D eigenvalue weighted by Crippen LogP contribution is 2.31. The van der Waals surface area contributed by atoms with E-state index in [4.69, 9.17) is 0 Å². The molecule has 2 heteroatoms. The van der Waals surface area contributed by atoms with Crippen molar-refractivity contribution in [2.45, 2.75) is 0 Å². The Labute approximate surface area is 233 Å². The number of rotatable bonds is 4. The van der Waals surface area contributed by atoms with Crippen molar-refractivity contribution in [1.82, 2.24) is 9.13 Å². The summed E-state index contributed by atoms with van der Waals surface area (Å²) in [5.74, 6) is 0. The van der Waals surface area contributed by atoms with Gasteiger partial charge in [0.1, 0.15) is 0 Å². The van der Waals surface area contributed by atoms with Crippen LogP contribution in [-0.2, 0) is 0 Å². The van der Waals surface area contributed by atoms with Crippen molar-refractivity contribution in [3.63, 3.8) is 0 Å². The van der Waals surface area contributed by atoms with Gasteiger partial charge >= 0.3 is 0 Å². The topological polar surface area (TPSA) is 9.86 Å². The molecule has 0 bridgehead atoms. The van der Waals surface area contributed by atoms with E-state index in [9.17, 15) is 0 Å². The van der Waals surface area contributed by atoms with Gasteiger partial charge in [-0.3, -0.25) is 0 Å². The van der Waals surface area contributed by atoms with E-state index in [0.29, 0.717) is 0 Å². The van der Waals surface area contributed by atoms with E-state index < -0.39 is 0 Å². The summed E-state index contributed by atoms with van der Waals surface area (Å²) in [5.41, 5.74) is 9.68. The molecular weight excluding hydrogens is 484 g/mol. The molecule has 188 valence electrons. The lowest BCUT2D eigenvalue weighted by Crippen LogP contribution is -1.92. The summed E-state index contributed by atoms with van der Waals surface area (Å²) in [6.45, 7) is 0. The zero-order valence-electron chi connectivity index (χ0n) is 21.9. The molecule has 0 N–H and O–H groups in total. The second-order valence-electron chi connectivity index (χ2n) is 10.3. The van der Waals surface area contributed by atoms with Gasteiger partial charge in [-0.15, -0.1) is 0 Å². The molecule has 0 aliphatic heterocycles. The maximum atomic E-state index is 2.28. The maximum absolute atomic E-state index is 2.28. The van der Waals surface area contributed by atoms with Crippen LogP contribution < -0.4 is 0 Å². The summed E-state index contributed by atoms with van der Waals surface area (Å²) in [6, 6.07) is 52.4. The molecule has 0 saturated carbocycles. The molecule has 0 aliphatic rings. The Morgan fingerprint density at radius 2 is 0.900 bits per heavy atom. The maximum Gasteiger partial charge on any atom is 0.0534 e. The molecule has 2 aromatic heterocycles. The molecule has 0 radical (unpaired) electrons. The van der Waals surface area contributed by atoms with E-state index in [1.54, 1.807) is 0 Å². The van der Waals surface area contributed by atoms with Gasteiger partial charge in [0.25, 0.3) is 0 Å². The minimum absolute atomic E-state index is 1.17. The number of fused-ring (bicyclic) bond motifs is 4. The fourth-order valence-corrected chi connectivity index (χ4v) is 5.93. The van der Waals surface area contributed by atoms with Crippen molar-refractivity contribution in [3.8, 4) is 33.6 Å². The van der Waals surface area contributed by atoms with Crippen LogP contribution in [0, 0.1) is 0 Å². The van der Waals surface area contributed by atoms with E-state index in [1.165, 1.54) is 66.2 Å². The van der Waals surface area contributed by atoms with Crippen LogP contribution in [0.15, 0.2) is 158 Å². The molecule has 2 nitrogen and oxygen atoms in total. The predicted octanol–water partition coefficient (Wildman–Crippen LogP) is 10.1. The van der Waals surface area contributed by atoms with Crippen LogP contribution in [0.5, 0.6) is 0 Å². The molecule has 0 fully saturated rings. The minimum Gasteiger partial charge on any atom is -0.317 e. The van der Waals surface area contributed by atoms with E-state index in [-0.39, 0.29) is 0 Å². The van der Waals surface area contributed by atoms with E-state index in [1.807, 2.05) is 0 Å². The lowest BCUT2D eigenvalue weighted by molar-refractivity contribution is 1.13. The third-order valence-corrected chi connectivity index (χ3v) is 8.02. The lowest BCUT2D eigenvalue weighted by atomic mass is 9.99. The molecule has 6 aromatic carbocycles. The van der Waals surface area contributed by atoms with Gasteiger partial charge in [-0.25, -0.2) is 0 Å². The molecule has 0 saturated heterocycles. The van der Waals surface area contributed by atoms with Gasteiger partial charge in [-0.05, 0) is 87.6 Å². The van der Waals surface area contributed by atoms with Gasteiger partial charge in [0.05, 0.1) is 11.0 Å².